The van der Waals surface area contributed by atoms with Crippen LogP contribution in [0, 0.1) is 5.82 Å². The summed E-state index contributed by atoms with van der Waals surface area (Å²) in [6, 6.07) is -0.597. The van der Waals surface area contributed by atoms with Crippen LogP contribution in [0.5, 0.6) is 0 Å². The van der Waals surface area contributed by atoms with Gasteiger partial charge < -0.3 is 20.8 Å². The molecule has 0 fully saturated rings. The van der Waals surface area contributed by atoms with Crippen molar-refractivity contribution in [3.8, 4) is 0 Å². The van der Waals surface area contributed by atoms with Crippen LogP contribution < -0.4 is 10.6 Å². The average Bonchev–Trinajstić information content (AvgIpc) is 2.32. The third-order valence-corrected chi connectivity index (χ3v) is 3.15. The number of carboxylic acid groups (broad SMARTS) is 2. The van der Waals surface area contributed by atoms with Crippen molar-refractivity contribution in [2.45, 2.75) is 12.5 Å². The fourth-order valence-electron chi connectivity index (χ4n) is 1.34. The van der Waals surface area contributed by atoms with Crippen LogP contribution in [-0.2, 0) is 9.59 Å². The molecule has 0 aliphatic heterocycles. The predicted molar refractivity (Wildman–Crippen MR) is 74.9 cm³/mol. The lowest BCUT2D eigenvalue weighted by atomic mass is 10.2. The zero-order valence-electron chi connectivity index (χ0n) is 10.2. The second-order valence-electron chi connectivity index (χ2n) is 3.83. The molecular formula is C11H9BrClFN2O5. The van der Waals surface area contributed by atoms with E-state index in [1.807, 2.05) is 5.32 Å². The van der Waals surface area contributed by atoms with E-state index in [9.17, 15) is 18.8 Å². The first-order valence-corrected chi connectivity index (χ1v) is 6.54. The Bertz CT molecular complexity index is 575. The van der Waals surface area contributed by atoms with E-state index in [1.165, 1.54) is 0 Å². The molecule has 0 heterocycles. The monoisotopic (exact) mass is 382 g/mol. The molecule has 0 unspecified atom stereocenters. The number of hydrogen-bond donors (Lipinski definition) is 4. The van der Waals surface area contributed by atoms with Crippen LogP contribution >= 0.6 is 27.5 Å². The van der Waals surface area contributed by atoms with Gasteiger partial charge in [0.1, 0.15) is 11.9 Å². The molecule has 0 aromatic heterocycles. The summed E-state index contributed by atoms with van der Waals surface area (Å²) in [6.07, 6.45) is -0.791. The number of rotatable bonds is 5. The fraction of sp³-hybridized carbons (Fsp3) is 0.182. The van der Waals surface area contributed by atoms with Gasteiger partial charge in [-0.05, 0) is 28.1 Å². The number of carboxylic acids is 2. The van der Waals surface area contributed by atoms with Gasteiger partial charge in [-0.15, -0.1) is 0 Å². The lowest BCUT2D eigenvalue weighted by Crippen LogP contribution is -2.44. The number of anilines is 1. The summed E-state index contributed by atoms with van der Waals surface area (Å²) in [5.74, 6) is -3.52. The minimum Gasteiger partial charge on any atom is -0.481 e. The second kappa shape index (κ2) is 7.23. The van der Waals surface area contributed by atoms with Gasteiger partial charge in [-0.3, -0.25) is 4.79 Å². The van der Waals surface area contributed by atoms with Crippen LogP contribution in [0.3, 0.4) is 0 Å². The molecule has 7 nitrogen and oxygen atoms in total. The summed E-state index contributed by atoms with van der Waals surface area (Å²) in [6.45, 7) is 0. The highest BCUT2D eigenvalue weighted by atomic mass is 79.9. The lowest BCUT2D eigenvalue weighted by Gasteiger charge is -2.14. The number of nitrogens with one attached hydrogen (secondary N) is 2. The van der Waals surface area contributed by atoms with Crippen LogP contribution in [-0.4, -0.2) is 34.2 Å². The third kappa shape index (κ3) is 5.20. The summed E-state index contributed by atoms with van der Waals surface area (Å²) >= 11 is 8.72. The van der Waals surface area contributed by atoms with E-state index < -0.39 is 36.2 Å². The number of halogens is 3. The molecule has 2 amide bonds. The SMILES string of the molecule is O=C(O)C[C@@H](NC(=O)Nc1c(Cl)cc(F)cc1Br)C(=O)O. The Kier molecular flexibility index (Phi) is 5.91. The van der Waals surface area contributed by atoms with Crippen molar-refractivity contribution < 1.29 is 29.0 Å². The van der Waals surface area contributed by atoms with Gasteiger partial charge in [-0.25, -0.2) is 14.0 Å². The molecule has 0 aliphatic rings. The van der Waals surface area contributed by atoms with E-state index in [-0.39, 0.29) is 15.2 Å². The Morgan fingerprint density at radius 1 is 1.33 bits per heavy atom. The van der Waals surface area contributed by atoms with Gasteiger partial charge in [0.15, 0.2) is 0 Å². The number of carbonyl (C=O) groups excluding carboxylic acids is 1. The smallest absolute Gasteiger partial charge is 0.326 e. The third-order valence-electron chi connectivity index (χ3n) is 2.23. The van der Waals surface area contributed by atoms with E-state index >= 15 is 0 Å². The lowest BCUT2D eigenvalue weighted by molar-refractivity contribution is -0.145. The molecule has 0 radical (unpaired) electrons. The van der Waals surface area contributed by atoms with E-state index in [1.54, 1.807) is 0 Å². The Hall–Kier alpha value is -1.87. The number of amides is 2. The molecule has 0 spiro atoms. The predicted octanol–water partition coefficient (Wildman–Crippen LogP) is 2.29. The molecular weight excluding hydrogens is 374 g/mol. The first kappa shape index (κ1) is 17.2. The maximum Gasteiger partial charge on any atom is 0.326 e. The Morgan fingerprint density at radius 3 is 2.43 bits per heavy atom. The summed E-state index contributed by atoms with van der Waals surface area (Å²) in [5, 5.41) is 21.4. The molecule has 10 heteroatoms. The molecule has 114 valence electrons. The molecule has 4 N–H and O–H groups in total. The maximum absolute atomic E-state index is 13.0. The zero-order valence-corrected chi connectivity index (χ0v) is 12.5. The Labute approximate surface area is 131 Å². The molecule has 0 saturated heterocycles. The van der Waals surface area contributed by atoms with Crippen molar-refractivity contribution in [2.75, 3.05) is 5.32 Å². The molecule has 21 heavy (non-hydrogen) atoms. The molecule has 1 rings (SSSR count). The van der Waals surface area contributed by atoms with Crippen LogP contribution in [0.1, 0.15) is 6.42 Å². The van der Waals surface area contributed by atoms with Crippen LogP contribution in [0.2, 0.25) is 5.02 Å². The number of carbonyl (C=O) groups is 3. The molecule has 0 bridgehead atoms. The summed E-state index contributed by atoms with van der Waals surface area (Å²) in [4.78, 5) is 33.0. The van der Waals surface area contributed by atoms with Gasteiger partial charge in [-0.1, -0.05) is 11.6 Å². The van der Waals surface area contributed by atoms with Crippen molar-refractivity contribution in [3.05, 3.63) is 27.4 Å². The largest absolute Gasteiger partial charge is 0.481 e. The van der Waals surface area contributed by atoms with Crippen LogP contribution in [0.15, 0.2) is 16.6 Å². The summed E-state index contributed by atoms with van der Waals surface area (Å²) in [5.41, 5.74) is 0.0232. The average molecular weight is 384 g/mol. The highest BCUT2D eigenvalue weighted by molar-refractivity contribution is 9.10. The first-order valence-electron chi connectivity index (χ1n) is 5.37. The first-order chi connectivity index (χ1) is 9.70. The molecule has 0 aliphatic carbocycles. The minimum atomic E-state index is -1.61. The quantitative estimate of drug-likeness (QED) is 0.622. The molecule has 1 aromatic rings. The molecule has 0 saturated carbocycles. The van der Waals surface area contributed by atoms with Gasteiger partial charge in [0.05, 0.1) is 17.1 Å². The van der Waals surface area contributed by atoms with Crippen molar-refractivity contribution in [1.29, 1.82) is 0 Å². The number of urea groups is 1. The molecule has 1 aromatic carbocycles. The maximum atomic E-state index is 13.0. The standard InChI is InChI=1S/C11H9BrClFN2O5/c12-5-1-4(14)2-6(13)9(5)16-11(21)15-7(10(19)20)3-8(17)18/h1-2,7H,3H2,(H,17,18)(H,19,20)(H2,15,16,21)/t7-/m1/s1. The van der Waals surface area contributed by atoms with Gasteiger partial charge in [0.2, 0.25) is 0 Å². The fourth-order valence-corrected chi connectivity index (χ4v) is 2.24. The normalized spacial score (nSPS) is 11.6. The van der Waals surface area contributed by atoms with Crippen LogP contribution in [0.25, 0.3) is 0 Å². The van der Waals surface area contributed by atoms with E-state index in [0.717, 1.165) is 12.1 Å². The highest BCUT2D eigenvalue weighted by Gasteiger charge is 2.23. The topological polar surface area (TPSA) is 116 Å². The minimum absolute atomic E-state index is 0.0232. The highest BCUT2D eigenvalue weighted by Crippen LogP contribution is 2.31. The zero-order chi connectivity index (χ0) is 16.2. The van der Waals surface area contributed by atoms with Crippen molar-refractivity contribution in [2.24, 2.45) is 0 Å². The Morgan fingerprint density at radius 2 is 1.95 bits per heavy atom. The van der Waals surface area contributed by atoms with Crippen molar-refractivity contribution >= 4 is 51.2 Å². The Balaban J connectivity index is 2.82. The number of benzene rings is 1. The van der Waals surface area contributed by atoms with Gasteiger partial charge >= 0.3 is 18.0 Å². The van der Waals surface area contributed by atoms with E-state index in [2.05, 4.69) is 21.2 Å². The van der Waals surface area contributed by atoms with Gasteiger partial charge in [-0.2, -0.15) is 0 Å². The van der Waals surface area contributed by atoms with Gasteiger partial charge in [0, 0.05) is 4.47 Å². The molecule has 1 atom stereocenters. The number of aliphatic carboxylic acids is 2. The van der Waals surface area contributed by atoms with Crippen LogP contribution in [0.4, 0.5) is 14.9 Å². The van der Waals surface area contributed by atoms with Crippen molar-refractivity contribution in [1.82, 2.24) is 5.32 Å². The van der Waals surface area contributed by atoms with Crippen molar-refractivity contribution in [3.63, 3.8) is 0 Å². The number of hydrogen-bond acceptors (Lipinski definition) is 3. The second-order valence-corrected chi connectivity index (χ2v) is 5.09. The summed E-state index contributed by atoms with van der Waals surface area (Å²) < 4.78 is 13.2. The summed E-state index contributed by atoms with van der Waals surface area (Å²) in [7, 11) is 0. The van der Waals surface area contributed by atoms with Gasteiger partial charge in [0.25, 0.3) is 0 Å². The van der Waals surface area contributed by atoms with E-state index in [0.29, 0.717) is 0 Å². The van der Waals surface area contributed by atoms with E-state index in [4.69, 9.17) is 21.8 Å².